The first-order valence-electron chi connectivity index (χ1n) is 5.67. The number of fused-ring (bicyclic) bond motifs is 1. The number of benzene rings is 1. The number of aryl methyl sites for hydroxylation is 2. The molecule has 0 saturated carbocycles. The molecule has 1 aromatic carbocycles. The third-order valence-electron chi connectivity index (χ3n) is 2.84. The fraction of sp³-hybridized carbons (Fsp3) is 0.154. The SMILES string of the molecule is Cc1ccc(-c2nc(C)cc3n[nH]c(=S)n23)cc1. The fourth-order valence-electron chi connectivity index (χ4n) is 1.94. The van der Waals surface area contributed by atoms with Crippen molar-refractivity contribution in [3.05, 3.63) is 46.4 Å². The molecule has 0 bridgehead atoms. The summed E-state index contributed by atoms with van der Waals surface area (Å²) in [7, 11) is 0. The molecule has 0 aliphatic heterocycles. The monoisotopic (exact) mass is 256 g/mol. The third kappa shape index (κ3) is 1.73. The van der Waals surface area contributed by atoms with Gasteiger partial charge in [-0.25, -0.2) is 4.98 Å². The Morgan fingerprint density at radius 3 is 2.61 bits per heavy atom. The van der Waals surface area contributed by atoms with Crippen molar-refractivity contribution in [2.24, 2.45) is 0 Å². The Kier molecular flexibility index (Phi) is 2.48. The average Bonchev–Trinajstić information content (AvgIpc) is 2.71. The van der Waals surface area contributed by atoms with Crippen molar-refractivity contribution in [1.29, 1.82) is 0 Å². The summed E-state index contributed by atoms with van der Waals surface area (Å²) in [6.45, 7) is 4.02. The van der Waals surface area contributed by atoms with Crippen molar-refractivity contribution >= 4 is 17.9 Å². The van der Waals surface area contributed by atoms with Gasteiger partial charge >= 0.3 is 0 Å². The lowest BCUT2D eigenvalue weighted by atomic mass is 10.1. The van der Waals surface area contributed by atoms with E-state index in [1.807, 2.05) is 29.5 Å². The van der Waals surface area contributed by atoms with E-state index in [1.165, 1.54) is 5.56 Å². The maximum absolute atomic E-state index is 5.25. The zero-order valence-electron chi connectivity index (χ0n) is 10.1. The molecule has 90 valence electrons. The summed E-state index contributed by atoms with van der Waals surface area (Å²) in [5.41, 5.74) is 3.97. The molecular formula is C13H12N4S. The summed E-state index contributed by atoms with van der Waals surface area (Å²) in [5.74, 6) is 0.823. The first kappa shape index (κ1) is 11.1. The molecule has 0 atom stereocenters. The highest BCUT2D eigenvalue weighted by Gasteiger charge is 2.08. The lowest BCUT2D eigenvalue weighted by Gasteiger charge is -2.05. The first-order chi connectivity index (χ1) is 8.65. The minimum Gasteiger partial charge on any atom is -0.251 e. The molecule has 5 heteroatoms. The van der Waals surface area contributed by atoms with E-state index in [2.05, 4.69) is 34.2 Å². The van der Waals surface area contributed by atoms with Crippen LogP contribution in [0.25, 0.3) is 17.0 Å². The van der Waals surface area contributed by atoms with Gasteiger partial charge in [-0.05, 0) is 26.1 Å². The Morgan fingerprint density at radius 1 is 1.17 bits per heavy atom. The second-order valence-electron chi connectivity index (χ2n) is 4.31. The maximum Gasteiger partial charge on any atom is 0.201 e. The molecule has 0 amide bonds. The van der Waals surface area contributed by atoms with Crippen LogP contribution in [0, 0.1) is 18.6 Å². The summed E-state index contributed by atoms with van der Waals surface area (Å²) in [5, 5.41) is 6.99. The lowest BCUT2D eigenvalue weighted by Crippen LogP contribution is -1.98. The van der Waals surface area contributed by atoms with Crippen molar-refractivity contribution < 1.29 is 0 Å². The third-order valence-corrected chi connectivity index (χ3v) is 3.11. The Bertz CT molecular complexity index is 768. The minimum atomic E-state index is 0.563. The minimum absolute atomic E-state index is 0.563. The van der Waals surface area contributed by atoms with Crippen LogP contribution in [0.4, 0.5) is 0 Å². The zero-order valence-corrected chi connectivity index (χ0v) is 11.0. The van der Waals surface area contributed by atoms with Crippen molar-refractivity contribution in [2.45, 2.75) is 13.8 Å². The van der Waals surface area contributed by atoms with Gasteiger partial charge < -0.3 is 0 Å². The molecule has 4 nitrogen and oxygen atoms in total. The molecular weight excluding hydrogens is 244 g/mol. The molecule has 3 rings (SSSR count). The number of nitrogens with one attached hydrogen (secondary N) is 1. The molecule has 18 heavy (non-hydrogen) atoms. The van der Waals surface area contributed by atoms with Crippen molar-refractivity contribution in [1.82, 2.24) is 19.6 Å². The Morgan fingerprint density at radius 2 is 1.89 bits per heavy atom. The summed E-state index contributed by atoms with van der Waals surface area (Å²) >= 11 is 5.25. The van der Waals surface area contributed by atoms with Gasteiger partial charge in [0.15, 0.2) is 5.65 Å². The first-order valence-corrected chi connectivity index (χ1v) is 6.08. The number of hydrogen-bond acceptors (Lipinski definition) is 3. The second-order valence-corrected chi connectivity index (χ2v) is 4.70. The molecule has 0 radical (unpaired) electrons. The average molecular weight is 256 g/mol. The molecule has 0 spiro atoms. The number of nitrogens with zero attached hydrogens (tertiary/aromatic N) is 3. The highest BCUT2D eigenvalue weighted by Crippen LogP contribution is 2.19. The molecule has 1 N–H and O–H groups in total. The van der Waals surface area contributed by atoms with Gasteiger partial charge in [-0.1, -0.05) is 29.8 Å². The van der Waals surface area contributed by atoms with Crippen LogP contribution in [0.3, 0.4) is 0 Å². The highest BCUT2D eigenvalue weighted by atomic mass is 32.1. The van der Waals surface area contributed by atoms with E-state index in [0.29, 0.717) is 4.77 Å². The van der Waals surface area contributed by atoms with Gasteiger partial charge in [0.05, 0.1) is 0 Å². The summed E-state index contributed by atoms with van der Waals surface area (Å²) in [6.07, 6.45) is 0. The standard InChI is InChI=1S/C13H12N4S/c1-8-3-5-10(6-4-8)12-14-9(2)7-11-15-16-13(18)17(11)12/h3-7H,1-2H3,(H,16,18). The van der Waals surface area contributed by atoms with E-state index in [1.54, 1.807) is 0 Å². The second kappa shape index (κ2) is 4.03. The molecule has 0 unspecified atom stereocenters. The van der Waals surface area contributed by atoms with E-state index in [-0.39, 0.29) is 0 Å². The van der Waals surface area contributed by atoms with Gasteiger partial charge in [0.2, 0.25) is 4.77 Å². The largest absolute Gasteiger partial charge is 0.251 e. The molecule has 0 aliphatic rings. The van der Waals surface area contributed by atoms with E-state index in [9.17, 15) is 0 Å². The summed E-state index contributed by atoms with van der Waals surface area (Å²) in [6, 6.07) is 10.1. The van der Waals surface area contributed by atoms with Gasteiger partial charge in [-0.15, -0.1) is 0 Å². The van der Waals surface area contributed by atoms with Crippen LogP contribution >= 0.6 is 12.2 Å². The van der Waals surface area contributed by atoms with Gasteiger partial charge in [0.25, 0.3) is 0 Å². The predicted molar refractivity (Wildman–Crippen MR) is 73.1 cm³/mol. The van der Waals surface area contributed by atoms with Crippen LogP contribution in [0.5, 0.6) is 0 Å². The van der Waals surface area contributed by atoms with E-state index in [0.717, 1.165) is 22.7 Å². The van der Waals surface area contributed by atoms with Crippen LogP contribution in [0.15, 0.2) is 30.3 Å². The van der Waals surface area contributed by atoms with Gasteiger partial charge in [0, 0.05) is 17.3 Å². The van der Waals surface area contributed by atoms with Crippen LogP contribution in [-0.2, 0) is 0 Å². The summed E-state index contributed by atoms with van der Waals surface area (Å²) in [4.78, 5) is 4.57. The van der Waals surface area contributed by atoms with Gasteiger partial charge in [-0.2, -0.15) is 5.10 Å². The van der Waals surface area contributed by atoms with E-state index < -0.39 is 0 Å². The van der Waals surface area contributed by atoms with Crippen molar-refractivity contribution in [2.75, 3.05) is 0 Å². The number of hydrogen-bond donors (Lipinski definition) is 1. The molecule has 0 aliphatic carbocycles. The topological polar surface area (TPSA) is 46.0 Å². The Balaban J connectivity index is 2.37. The van der Waals surface area contributed by atoms with Crippen LogP contribution < -0.4 is 0 Å². The van der Waals surface area contributed by atoms with Crippen molar-refractivity contribution in [3.8, 4) is 11.4 Å². The molecule has 2 aromatic heterocycles. The molecule has 2 heterocycles. The van der Waals surface area contributed by atoms with Crippen LogP contribution in [0.2, 0.25) is 0 Å². The quantitative estimate of drug-likeness (QED) is 0.681. The predicted octanol–water partition coefficient (Wildman–Crippen LogP) is 3.07. The fourth-order valence-corrected chi connectivity index (χ4v) is 2.17. The van der Waals surface area contributed by atoms with Crippen LogP contribution in [0.1, 0.15) is 11.3 Å². The van der Waals surface area contributed by atoms with E-state index >= 15 is 0 Å². The molecule has 0 saturated heterocycles. The zero-order chi connectivity index (χ0) is 12.7. The Labute approximate surface area is 109 Å². The molecule has 3 aromatic rings. The Hall–Kier alpha value is -2.01. The number of aromatic nitrogens is 4. The normalized spacial score (nSPS) is 11.0. The highest BCUT2D eigenvalue weighted by molar-refractivity contribution is 7.71. The van der Waals surface area contributed by atoms with Crippen molar-refractivity contribution in [3.63, 3.8) is 0 Å². The van der Waals surface area contributed by atoms with E-state index in [4.69, 9.17) is 12.2 Å². The van der Waals surface area contributed by atoms with Crippen LogP contribution in [-0.4, -0.2) is 19.6 Å². The smallest absolute Gasteiger partial charge is 0.201 e. The maximum atomic E-state index is 5.25. The molecule has 0 fully saturated rings. The number of rotatable bonds is 1. The lowest BCUT2D eigenvalue weighted by molar-refractivity contribution is 1.03. The number of aromatic amines is 1. The summed E-state index contributed by atoms with van der Waals surface area (Å²) < 4.78 is 2.42. The van der Waals surface area contributed by atoms with Gasteiger partial charge in [0.1, 0.15) is 5.82 Å². The number of H-pyrrole nitrogens is 1. The van der Waals surface area contributed by atoms with Gasteiger partial charge in [-0.3, -0.25) is 9.50 Å².